The predicted octanol–water partition coefficient (Wildman–Crippen LogP) is 2.00. The molecular weight excluding hydrogens is 224 g/mol. The molecule has 0 fully saturated rings. The minimum atomic E-state index is 0.215. The highest BCUT2D eigenvalue weighted by Gasteiger charge is 2.17. The first kappa shape index (κ1) is 11.5. The summed E-state index contributed by atoms with van der Waals surface area (Å²) in [5.41, 5.74) is 10.1. The molecule has 0 aromatic carbocycles. The van der Waals surface area contributed by atoms with E-state index in [-0.39, 0.29) is 6.04 Å². The summed E-state index contributed by atoms with van der Waals surface area (Å²) < 4.78 is 4.06. The summed E-state index contributed by atoms with van der Waals surface area (Å²) in [7, 11) is 1.95. The zero-order chi connectivity index (χ0) is 12.5. The molecule has 2 aromatic rings. The standard InChI is InChI=1S/C14H20N4/c1-17-7-6-12(16-17)9-18-8-11-4-2-3-5-14(15)13(11)10-18/h6-8,10,14H,2-5,9,15H2,1H3. The monoisotopic (exact) mass is 244 g/mol. The van der Waals surface area contributed by atoms with Crippen molar-refractivity contribution in [2.45, 2.75) is 38.3 Å². The van der Waals surface area contributed by atoms with Gasteiger partial charge in [0.05, 0.1) is 12.2 Å². The Morgan fingerprint density at radius 1 is 1.39 bits per heavy atom. The van der Waals surface area contributed by atoms with Crippen LogP contribution in [0.5, 0.6) is 0 Å². The van der Waals surface area contributed by atoms with Crippen molar-refractivity contribution in [2.24, 2.45) is 12.8 Å². The molecule has 1 unspecified atom stereocenters. The molecule has 0 saturated carbocycles. The number of aryl methyl sites for hydroxylation is 2. The lowest BCUT2D eigenvalue weighted by Gasteiger charge is -2.07. The third-order valence-electron chi connectivity index (χ3n) is 3.72. The van der Waals surface area contributed by atoms with E-state index in [1.165, 1.54) is 24.0 Å². The number of rotatable bonds is 2. The van der Waals surface area contributed by atoms with Gasteiger partial charge in [-0.15, -0.1) is 0 Å². The fourth-order valence-electron chi connectivity index (χ4n) is 2.78. The first-order valence-corrected chi connectivity index (χ1v) is 6.65. The Hall–Kier alpha value is -1.55. The highest BCUT2D eigenvalue weighted by Crippen LogP contribution is 2.27. The van der Waals surface area contributed by atoms with Crippen molar-refractivity contribution in [3.63, 3.8) is 0 Å². The molecule has 1 atom stereocenters. The van der Waals surface area contributed by atoms with E-state index in [1.807, 2.05) is 17.9 Å². The van der Waals surface area contributed by atoms with Crippen LogP contribution in [0.2, 0.25) is 0 Å². The number of nitrogens with two attached hydrogens (primary N) is 1. The number of hydrogen-bond donors (Lipinski definition) is 1. The van der Waals surface area contributed by atoms with Crippen LogP contribution in [0.3, 0.4) is 0 Å². The minimum Gasteiger partial charge on any atom is -0.348 e. The van der Waals surface area contributed by atoms with Crippen LogP contribution in [-0.4, -0.2) is 14.3 Å². The summed E-state index contributed by atoms with van der Waals surface area (Å²) in [5.74, 6) is 0. The van der Waals surface area contributed by atoms with Gasteiger partial charge in [0.2, 0.25) is 0 Å². The van der Waals surface area contributed by atoms with E-state index in [0.29, 0.717) is 0 Å². The molecule has 0 aliphatic heterocycles. The van der Waals surface area contributed by atoms with Gasteiger partial charge >= 0.3 is 0 Å². The van der Waals surface area contributed by atoms with Gasteiger partial charge in [0.1, 0.15) is 0 Å². The Balaban J connectivity index is 1.84. The van der Waals surface area contributed by atoms with Crippen LogP contribution in [0.15, 0.2) is 24.7 Å². The van der Waals surface area contributed by atoms with E-state index >= 15 is 0 Å². The van der Waals surface area contributed by atoms with E-state index in [2.05, 4.69) is 28.1 Å². The molecule has 18 heavy (non-hydrogen) atoms. The van der Waals surface area contributed by atoms with Crippen molar-refractivity contribution in [1.82, 2.24) is 14.3 Å². The maximum Gasteiger partial charge on any atom is 0.0821 e. The second kappa shape index (κ2) is 4.61. The summed E-state index contributed by atoms with van der Waals surface area (Å²) in [6.45, 7) is 0.834. The van der Waals surface area contributed by atoms with Crippen molar-refractivity contribution in [1.29, 1.82) is 0 Å². The van der Waals surface area contributed by atoms with Crippen molar-refractivity contribution in [2.75, 3.05) is 0 Å². The minimum absolute atomic E-state index is 0.215. The SMILES string of the molecule is Cn1ccc(Cn2cc3c(c2)C(N)CCCC3)n1. The van der Waals surface area contributed by atoms with Gasteiger partial charge in [-0.25, -0.2) is 0 Å². The molecule has 3 rings (SSSR count). The Morgan fingerprint density at radius 2 is 2.28 bits per heavy atom. The molecule has 2 heterocycles. The van der Waals surface area contributed by atoms with Gasteiger partial charge in [-0.05, 0) is 36.5 Å². The fraction of sp³-hybridized carbons (Fsp3) is 0.500. The van der Waals surface area contributed by atoms with E-state index < -0.39 is 0 Å². The van der Waals surface area contributed by atoms with Crippen LogP contribution in [-0.2, 0) is 20.0 Å². The smallest absolute Gasteiger partial charge is 0.0821 e. The number of hydrogen-bond acceptors (Lipinski definition) is 2. The summed E-state index contributed by atoms with van der Waals surface area (Å²) >= 11 is 0. The molecule has 1 aliphatic rings. The van der Waals surface area contributed by atoms with E-state index in [9.17, 15) is 0 Å². The first-order valence-electron chi connectivity index (χ1n) is 6.65. The third kappa shape index (κ3) is 2.20. The Morgan fingerprint density at radius 3 is 3.06 bits per heavy atom. The Labute approximate surface area is 107 Å². The zero-order valence-electron chi connectivity index (χ0n) is 10.8. The molecule has 4 heteroatoms. The second-order valence-corrected chi connectivity index (χ2v) is 5.24. The quantitative estimate of drug-likeness (QED) is 0.821. The van der Waals surface area contributed by atoms with Crippen molar-refractivity contribution < 1.29 is 0 Å². The largest absolute Gasteiger partial charge is 0.348 e. The van der Waals surface area contributed by atoms with Gasteiger partial charge < -0.3 is 10.3 Å². The summed E-state index contributed by atoms with van der Waals surface area (Å²) in [6, 6.07) is 2.28. The molecule has 2 aromatic heterocycles. The van der Waals surface area contributed by atoms with Gasteiger partial charge in [-0.1, -0.05) is 6.42 Å². The van der Waals surface area contributed by atoms with Gasteiger partial charge in [0.25, 0.3) is 0 Å². The highest BCUT2D eigenvalue weighted by molar-refractivity contribution is 5.29. The van der Waals surface area contributed by atoms with Crippen LogP contribution >= 0.6 is 0 Å². The average Bonchev–Trinajstić information content (AvgIpc) is 2.88. The van der Waals surface area contributed by atoms with Crippen molar-refractivity contribution in [3.05, 3.63) is 41.5 Å². The van der Waals surface area contributed by atoms with E-state index in [4.69, 9.17) is 5.73 Å². The number of nitrogens with zero attached hydrogens (tertiary/aromatic N) is 3. The maximum atomic E-state index is 6.22. The van der Waals surface area contributed by atoms with Crippen LogP contribution in [0.25, 0.3) is 0 Å². The topological polar surface area (TPSA) is 48.8 Å². The van der Waals surface area contributed by atoms with Crippen LogP contribution < -0.4 is 5.73 Å². The van der Waals surface area contributed by atoms with Gasteiger partial charge in [0.15, 0.2) is 0 Å². The molecule has 0 radical (unpaired) electrons. The third-order valence-corrected chi connectivity index (χ3v) is 3.72. The molecule has 0 amide bonds. The van der Waals surface area contributed by atoms with E-state index in [0.717, 1.165) is 25.1 Å². The van der Waals surface area contributed by atoms with Gasteiger partial charge in [0, 0.05) is 31.7 Å². The summed E-state index contributed by atoms with van der Waals surface area (Å²) in [6.07, 6.45) is 11.2. The van der Waals surface area contributed by atoms with Crippen LogP contribution in [0, 0.1) is 0 Å². The van der Waals surface area contributed by atoms with Crippen molar-refractivity contribution >= 4 is 0 Å². The molecule has 0 saturated heterocycles. The lowest BCUT2D eigenvalue weighted by Crippen LogP contribution is -2.09. The predicted molar refractivity (Wildman–Crippen MR) is 71.2 cm³/mol. The Bertz CT molecular complexity index is 538. The van der Waals surface area contributed by atoms with E-state index in [1.54, 1.807) is 0 Å². The lowest BCUT2D eigenvalue weighted by molar-refractivity contribution is 0.609. The number of aromatic nitrogens is 3. The summed E-state index contributed by atoms with van der Waals surface area (Å²) in [5, 5.41) is 4.41. The molecule has 0 bridgehead atoms. The molecule has 4 nitrogen and oxygen atoms in total. The maximum absolute atomic E-state index is 6.22. The zero-order valence-corrected chi connectivity index (χ0v) is 10.8. The van der Waals surface area contributed by atoms with Gasteiger partial charge in [-0.2, -0.15) is 5.10 Å². The lowest BCUT2D eigenvalue weighted by atomic mass is 10.1. The second-order valence-electron chi connectivity index (χ2n) is 5.24. The normalized spacial score (nSPS) is 19.6. The first-order chi connectivity index (χ1) is 8.72. The number of fused-ring (bicyclic) bond motifs is 1. The average molecular weight is 244 g/mol. The van der Waals surface area contributed by atoms with Crippen LogP contribution in [0.1, 0.15) is 42.1 Å². The van der Waals surface area contributed by atoms with Crippen molar-refractivity contribution in [3.8, 4) is 0 Å². The molecular formula is C14H20N4. The molecule has 2 N–H and O–H groups in total. The molecule has 96 valence electrons. The van der Waals surface area contributed by atoms with Crippen LogP contribution in [0.4, 0.5) is 0 Å². The molecule has 0 spiro atoms. The van der Waals surface area contributed by atoms with Gasteiger partial charge in [-0.3, -0.25) is 4.68 Å². The fourth-order valence-corrected chi connectivity index (χ4v) is 2.78. The Kier molecular flexibility index (Phi) is 2.96. The summed E-state index contributed by atoms with van der Waals surface area (Å²) in [4.78, 5) is 0. The highest BCUT2D eigenvalue weighted by atomic mass is 15.3. The molecule has 1 aliphatic carbocycles.